The highest BCUT2D eigenvalue weighted by molar-refractivity contribution is 8.00. The molecule has 30 heavy (non-hydrogen) atoms. The molecule has 0 unspecified atom stereocenters. The van der Waals surface area contributed by atoms with Crippen molar-refractivity contribution < 1.29 is 4.79 Å². The van der Waals surface area contributed by atoms with Crippen LogP contribution >= 0.6 is 35.1 Å². The van der Waals surface area contributed by atoms with E-state index in [-0.39, 0.29) is 0 Å². The lowest BCUT2D eigenvalue weighted by atomic mass is 9.94. The van der Waals surface area contributed by atoms with Gasteiger partial charge in [0, 0.05) is 31.6 Å². The Morgan fingerprint density at radius 3 is 1.67 bits per heavy atom. The molecule has 0 aliphatic rings. The van der Waals surface area contributed by atoms with Gasteiger partial charge in [-0.25, -0.2) is 0 Å². The van der Waals surface area contributed by atoms with Crippen LogP contribution in [0.2, 0.25) is 10.0 Å². The summed E-state index contributed by atoms with van der Waals surface area (Å²) < 4.78 is 3.48. The van der Waals surface area contributed by atoms with Crippen LogP contribution in [0.25, 0.3) is 22.3 Å². The van der Waals surface area contributed by atoms with E-state index >= 15 is 0 Å². The molecule has 0 atom stereocenters. The predicted octanol–water partition coefficient (Wildman–Crippen LogP) is 8.26. The SMILES string of the molecule is O=Cc1cc(-c2ccccc2)c(NSc2cc(Cl)cc(Cl)c2)c(-c2ccccc2)c1. The minimum atomic E-state index is 0.578. The molecular formula is C25H17Cl2NOS. The van der Waals surface area contributed by atoms with Crippen molar-refractivity contribution in [2.75, 3.05) is 4.72 Å². The second-order valence-corrected chi connectivity index (χ2v) is 8.40. The summed E-state index contributed by atoms with van der Waals surface area (Å²) in [5.74, 6) is 0. The topological polar surface area (TPSA) is 29.1 Å². The second kappa shape index (κ2) is 9.40. The first-order chi connectivity index (χ1) is 14.6. The summed E-state index contributed by atoms with van der Waals surface area (Å²) in [6, 6.07) is 29.2. The summed E-state index contributed by atoms with van der Waals surface area (Å²) in [6.45, 7) is 0. The van der Waals surface area contributed by atoms with E-state index < -0.39 is 0 Å². The summed E-state index contributed by atoms with van der Waals surface area (Å²) in [6.07, 6.45) is 0.881. The number of anilines is 1. The molecule has 0 saturated heterocycles. The van der Waals surface area contributed by atoms with Crippen molar-refractivity contribution in [2.45, 2.75) is 4.90 Å². The number of carbonyl (C=O) groups excluding carboxylic acids is 1. The van der Waals surface area contributed by atoms with Crippen LogP contribution in [0.3, 0.4) is 0 Å². The molecule has 0 aromatic heterocycles. The molecule has 5 heteroatoms. The molecule has 4 rings (SSSR count). The first kappa shape index (κ1) is 20.5. The zero-order valence-corrected chi connectivity index (χ0v) is 18.1. The average molecular weight is 450 g/mol. The molecule has 0 aliphatic heterocycles. The third-order valence-corrected chi connectivity index (χ3v) is 5.79. The van der Waals surface area contributed by atoms with Crippen molar-refractivity contribution in [3.05, 3.63) is 107 Å². The smallest absolute Gasteiger partial charge is 0.150 e. The molecule has 0 fully saturated rings. The Balaban J connectivity index is 1.86. The molecule has 0 heterocycles. The number of hydrogen-bond acceptors (Lipinski definition) is 3. The minimum Gasteiger partial charge on any atom is -0.325 e. The van der Waals surface area contributed by atoms with Gasteiger partial charge in [0.15, 0.2) is 0 Å². The lowest BCUT2D eigenvalue weighted by Gasteiger charge is -2.18. The average Bonchev–Trinajstić information content (AvgIpc) is 2.77. The zero-order chi connectivity index (χ0) is 20.9. The quantitative estimate of drug-likeness (QED) is 0.237. The minimum absolute atomic E-state index is 0.578. The zero-order valence-electron chi connectivity index (χ0n) is 15.8. The van der Waals surface area contributed by atoms with Crippen LogP contribution < -0.4 is 4.72 Å². The van der Waals surface area contributed by atoms with Gasteiger partial charge in [0.1, 0.15) is 6.29 Å². The van der Waals surface area contributed by atoms with Gasteiger partial charge >= 0.3 is 0 Å². The Kier molecular flexibility index (Phi) is 6.44. The lowest BCUT2D eigenvalue weighted by Crippen LogP contribution is -1.97. The fraction of sp³-hybridized carbons (Fsp3) is 0. The molecule has 1 N–H and O–H groups in total. The summed E-state index contributed by atoms with van der Waals surface area (Å²) in [5, 5.41) is 1.16. The van der Waals surface area contributed by atoms with Crippen molar-refractivity contribution in [1.82, 2.24) is 0 Å². The van der Waals surface area contributed by atoms with Gasteiger partial charge in [-0.1, -0.05) is 83.9 Å². The van der Waals surface area contributed by atoms with Gasteiger partial charge in [0.2, 0.25) is 0 Å². The molecule has 148 valence electrons. The third kappa shape index (κ3) is 4.71. The number of halogens is 2. The summed E-state index contributed by atoms with van der Waals surface area (Å²) in [7, 11) is 0. The largest absolute Gasteiger partial charge is 0.325 e. The molecule has 4 aromatic carbocycles. The standard InChI is InChI=1S/C25H17Cl2NOS/c26-20-13-21(27)15-22(14-20)30-28-25-23(18-7-3-1-4-8-18)11-17(16-29)12-24(25)19-9-5-2-6-10-19/h1-16,28H. The highest BCUT2D eigenvalue weighted by Crippen LogP contribution is 2.40. The molecule has 0 saturated carbocycles. The van der Waals surface area contributed by atoms with Crippen molar-refractivity contribution in [3.63, 3.8) is 0 Å². The molecule has 0 bridgehead atoms. The Hall–Kier alpha value is -2.72. The molecule has 0 radical (unpaired) electrons. The van der Waals surface area contributed by atoms with Crippen LogP contribution in [0.4, 0.5) is 5.69 Å². The first-order valence-electron chi connectivity index (χ1n) is 9.27. The number of nitrogens with one attached hydrogen (secondary N) is 1. The number of aldehydes is 1. The Morgan fingerprint density at radius 2 is 1.20 bits per heavy atom. The van der Waals surface area contributed by atoms with Crippen LogP contribution in [0, 0.1) is 0 Å². The van der Waals surface area contributed by atoms with Gasteiger partial charge in [-0.3, -0.25) is 4.79 Å². The van der Waals surface area contributed by atoms with Gasteiger partial charge in [-0.2, -0.15) is 0 Å². The monoisotopic (exact) mass is 449 g/mol. The van der Waals surface area contributed by atoms with Gasteiger partial charge in [-0.15, -0.1) is 0 Å². The predicted molar refractivity (Wildman–Crippen MR) is 129 cm³/mol. The highest BCUT2D eigenvalue weighted by atomic mass is 35.5. The molecule has 2 nitrogen and oxygen atoms in total. The molecule has 0 aliphatic carbocycles. The maximum atomic E-state index is 11.7. The van der Waals surface area contributed by atoms with Crippen LogP contribution in [0.5, 0.6) is 0 Å². The number of rotatable bonds is 6. The van der Waals surface area contributed by atoms with E-state index in [4.69, 9.17) is 23.2 Å². The van der Waals surface area contributed by atoms with E-state index in [1.165, 1.54) is 11.9 Å². The molecule has 0 spiro atoms. The van der Waals surface area contributed by atoms with Crippen LogP contribution in [0.15, 0.2) is 95.9 Å². The van der Waals surface area contributed by atoms with Gasteiger partial charge in [-0.05, 0) is 53.4 Å². The van der Waals surface area contributed by atoms with E-state index in [9.17, 15) is 4.79 Å². The van der Waals surface area contributed by atoms with Gasteiger partial charge in [0.05, 0.1) is 5.69 Å². The van der Waals surface area contributed by atoms with Crippen LogP contribution in [0.1, 0.15) is 10.4 Å². The first-order valence-corrected chi connectivity index (χ1v) is 10.8. The fourth-order valence-corrected chi connectivity index (χ4v) is 4.70. The van der Waals surface area contributed by atoms with Crippen molar-refractivity contribution in [3.8, 4) is 22.3 Å². The second-order valence-electron chi connectivity index (χ2n) is 6.65. The van der Waals surface area contributed by atoms with Crippen molar-refractivity contribution in [1.29, 1.82) is 0 Å². The maximum Gasteiger partial charge on any atom is 0.150 e. The van der Waals surface area contributed by atoms with E-state index in [0.29, 0.717) is 15.6 Å². The normalized spacial score (nSPS) is 10.6. The van der Waals surface area contributed by atoms with E-state index in [1.54, 1.807) is 6.07 Å². The summed E-state index contributed by atoms with van der Waals surface area (Å²) >= 11 is 13.7. The highest BCUT2D eigenvalue weighted by Gasteiger charge is 2.15. The third-order valence-electron chi connectivity index (χ3n) is 4.57. The number of carbonyl (C=O) groups is 1. The number of benzene rings is 4. The number of hydrogen-bond donors (Lipinski definition) is 1. The summed E-state index contributed by atoms with van der Waals surface area (Å²) in [5.41, 5.74) is 5.46. The van der Waals surface area contributed by atoms with E-state index in [2.05, 4.69) is 4.72 Å². The van der Waals surface area contributed by atoms with Crippen molar-refractivity contribution in [2.24, 2.45) is 0 Å². The maximum absolute atomic E-state index is 11.7. The van der Waals surface area contributed by atoms with E-state index in [1.807, 2.05) is 84.9 Å². The van der Waals surface area contributed by atoms with Crippen LogP contribution in [-0.4, -0.2) is 6.29 Å². The Bertz CT molecular complexity index is 1100. The molecule has 0 amide bonds. The van der Waals surface area contributed by atoms with Gasteiger partial charge in [0.25, 0.3) is 0 Å². The summed E-state index contributed by atoms with van der Waals surface area (Å²) in [4.78, 5) is 12.6. The van der Waals surface area contributed by atoms with Crippen LogP contribution in [-0.2, 0) is 0 Å². The fourth-order valence-electron chi connectivity index (χ4n) is 3.23. The molecular weight excluding hydrogens is 433 g/mol. The lowest BCUT2D eigenvalue weighted by molar-refractivity contribution is 0.112. The molecule has 4 aromatic rings. The Labute approximate surface area is 190 Å². The van der Waals surface area contributed by atoms with Crippen molar-refractivity contribution >= 4 is 47.1 Å². The Morgan fingerprint density at radius 1 is 0.700 bits per heavy atom. The van der Waals surface area contributed by atoms with Gasteiger partial charge < -0.3 is 4.72 Å². The van der Waals surface area contributed by atoms with E-state index in [0.717, 1.165) is 39.1 Å².